The molecule has 5 nitrogen and oxygen atoms in total. The van der Waals surface area contributed by atoms with Crippen molar-refractivity contribution in [2.75, 3.05) is 33.8 Å². The molecule has 0 radical (unpaired) electrons. The lowest BCUT2D eigenvalue weighted by Crippen LogP contribution is -2.31. The summed E-state index contributed by atoms with van der Waals surface area (Å²) >= 11 is 6.54. The van der Waals surface area contributed by atoms with E-state index in [4.69, 9.17) is 17.0 Å². The van der Waals surface area contributed by atoms with Gasteiger partial charge in [-0.25, -0.2) is 0 Å². The molecule has 0 aliphatic carbocycles. The first-order chi connectivity index (χ1) is 11.9. The number of likely N-dealkylation sites (N-methyl/N-ethyl adjacent to an activating group) is 1. The van der Waals surface area contributed by atoms with Crippen molar-refractivity contribution in [2.24, 2.45) is 0 Å². The summed E-state index contributed by atoms with van der Waals surface area (Å²) in [7, 11) is 3.82. The van der Waals surface area contributed by atoms with Gasteiger partial charge in [0.1, 0.15) is 10.9 Å². The topological polar surface area (TPSA) is 49.9 Å². The van der Waals surface area contributed by atoms with Gasteiger partial charge in [0.05, 0.1) is 11.3 Å². The molecule has 1 aliphatic rings. The van der Waals surface area contributed by atoms with Gasteiger partial charge in [-0.15, -0.1) is 12.4 Å². The summed E-state index contributed by atoms with van der Waals surface area (Å²) in [6.45, 7) is 3.28. The van der Waals surface area contributed by atoms with Crippen LogP contribution < -0.4 is 0 Å². The number of carbonyl (C=O) groups excluding carboxylic acids is 2. The van der Waals surface area contributed by atoms with Crippen LogP contribution in [0.2, 0.25) is 0 Å². The van der Waals surface area contributed by atoms with Crippen molar-refractivity contribution < 1.29 is 14.3 Å². The molecule has 1 aliphatic heterocycles. The van der Waals surface area contributed by atoms with E-state index in [1.165, 1.54) is 16.7 Å². The zero-order chi connectivity index (χ0) is 18.4. The minimum Gasteiger partial charge on any atom is -0.464 e. The van der Waals surface area contributed by atoms with Crippen LogP contribution in [0.3, 0.4) is 0 Å². The fourth-order valence-corrected chi connectivity index (χ4v) is 3.43. The van der Waals surface area contributed by atoms with Gasteiger partial charge in [0.25, 0.3) is 5.91 Å². The summed E-state index contributed by atoms with van der Waals surface area (Å²) in [6.07, 6.45) is 1.96. The third-order valence-corrected chi connectivity index (χ3v) is 4.97. The van der Waals surface area contributed by atoms with E-state index in [2.05, 4.69) is 0 Å². The van der Waals surface area contributed by atoms with Crippen molar-refractivity contribution in [2.45, 2.75) is 13.3 Å². The number of amides is 1. The minimum atomic E-state index is -0.321. The number of carbonyl (C=O) groups is 2. The lowest BCUT2D eigenvalue weighted by atomic mass is 10.1. The molecule has 0 atom stereocenters. The second kappa shape index (κ2) is 10.7. The van der Waals surface area contributed by atoms with E-state index in [0.29, 0.717) is 22.4 Å². The maximum atomic E-state index is 12.5. The van der Waals surface area contributed by atoms with E-state index in [0.717, 1.165) is 11.1 Å². The molecule has 1 fully saturated rings. The molecule has 1 amide bonds. The Labute approximate surface area is 170 Å². The Morgan fingerprint density at radius 3 is 2.58 bits per heavy atom. The second-order valence-electron chi connectivity index (χ2n) is 6.02. The number of ether oxygens (including phenoxy) is 1. The molecule has 0 spiro atoms. The third kappa shape index (κ3) is 6.72. The zero-order valence-electron chi connectivity index (χ0n) is 15.1. The zero-order valence-corrected chi connectivity index (χ0v) is 17.5. The highest BCUT2D eigenvalue weighted by atomic mass is 35.5. The molecule has 1 saturated heterocycles. The number of hydrogen-bond donors (Lipinski definition) is 0. The number of rotatable bonds is 7. The Morgan fingerprint density at radius 1 is 1.31 bits per heavy atom. The molecule has 1 aromatic rings. The van der Waals surface area contributed by atoms with E-state index in [1.807, 2.05) is 56.3 Å². The van der Waals surface area contributed by atoms with Gasteiger partial charge in [0.2, 0.25) is 0 Å². The standard InChI is InChI=1S/C18H22N2O3S2.ClH/c1-13-4-6-14(7-5-13)12-15-17(22)20(18(24)25-15)9-8-16(21)23-11-10-19(2)3;/h4-7,12H,8-11H2,1-3H3;1H/b15-12+;. The van der Waals surface area contributed by atoms with E-state index in [9.17, 15) is 9.59 Å². The Balaban J connectivity index is 0.00000338. The van der Waals surface area contributed by atoms with Crippen LogP contribution in [0, 0.1) is 6.92 Å². The quantitative estimate of drug-likeness (QED) is 0.388. The van der Waals surface area contributed by atoms with Gasteiger partial charge in [-0.3, -0.25) is 14.5 Å². The van der Waals surface area contributed by atoms with Gasteiger partial charge in [-0.1, -0.05) is 53.8 Å². The largest absolute Gasteiger partial charge is 0.464 e. The van der Waals surface area contributed by atoms with E-state index < -0.39 is 0 Å². The van der Waals surface area contributed by atoms with Crippen LogP contribution in [0.4, 0.5) is 0 Å². The SMILES string of the molecule is Cc1ccc(/C=C2/SC(=S)N(CCC(=O)OCCN(C)C)C2=O)cc1.Cl. The molecule has 1 aromatic carbocycles. The lowest BCUT2D eigenvalue weighted by Gasteiger charge is -2.14. The number of hydrogen-bond acceptors (Lipinski definition) is 6. The van der Waals surface area contributed by atoms with Crippen molar-refractivity contribution in [3.05, 3.63) is 40.3 Å². The van der Waals surface area contributed by atoms with Gasteiger partial charge < -0.3 is 9.64 Å². The van der Waals surface area contributed by atoms with E-state index in [1.54, 1.807) is 0 Å². The number of nitrogens with zero attached hydrogens (tertiary/aromatic N) is 2. The molecule has 8 heteroatoms. The van der Waals surface area contributed by atoms with Crippen molar-refractivity contribution in [3.8, 4) is 0 Å². The number of thioether (sulfide) groups is 1. The Bertz CT molecular complexity index is 690. The fourth-order valence-electron chi connectivity index (χ4n) is 2.12. The molecule has 0 bridgehead atoms. The fraction of sp³-hybridized carbons (Fsp3) is 0.389. The maximum absolute atomic E-state index is 12.5. The van der Waals surface area contributed by atoms with Crippen LogP contribution in [0.25, 0.3) is 6.08 Å². The first kappa shape index (κ1) is 22.6. The molecule has 0 saturated carbocycles. The van der Waals surface area contributed by atoms with Crippen molar-refractivity contribution in [1.29, 1.82) is 0 Å². The summed E-state index contributed by atoms with van der Waals surface area (Å²) in [5.74, 6) is -0.477. The average Bonchev–Trinajstić information content (AvgIpc) is 2.81. The maximum Gasteiger partial charge on any atom is 0.307 e. The highest BCUT2D eigenvalue weighted by molar-refractivity contribution is 8.26. The van der Waals surface area contributed by atoms with E-state index >= 15 is 0 Å². The molecule has 0 unspecified atom stereocenters. The monoisotopic (exact) mass is 414 g/mol. The molecular weight excluding hydrogens is 392 g/mol. The molecule has 0 N–H and O–H groups in total. The minimum absolute atomic E-state index is 0. The lowest BCUT2D eigenvalue weighted by molar-refractivity contribution is -0.144. The van der Waals surface area contributed by atoms with Crippen LogP contribution in [-0.2, 0) is 14.3 Å². The normalized spacial score (nSPS) is 15.5. The number of halogens is 1. The van der Waals surface area contributed by atoms with Crippen LogP contribution in [0.1, 0.15) is 17.5 Å². The summed E-state index contributed by atoms with van der Waals surface area (Å²) in [5, 5.41) is 0. The predicted molar refractivity (Wildman–Crippen MR) is 112 cm³/mol. The Hall–Kier alpha value is -1.41. The highest BCUT2D eigenvalue weighted by Crippen LogP contribution is 2.32. The van der Waals surface area contributed by atoms with Gasteiger partial charge in [0, 0.05) is 13.1 Å². The Morgan fingerprint density at radius 2 is 1.96 bits per heavy atom. The van der Waals surface area contributed by atoms with Gasteiger partial charge in [-0.2, -0.15) is 0 Å². The van der Waals surface area contributed by atoms with Gasteiger partial charge in [-0.05, 0) is 32.7 Å². The molecule has 1 heterocycles. The highest BCUT2D eigenvalue weighted by Gasteiger charge is 2.32. The first-order valence-corrected chi connectivity index (χ1v) is 9.21. The smallest absolute Gasteiger partial charge is 0.307 e. The van der Waals surface area contributed by atoms with E-state index in [-0.39, 0.29) is 37.2 Å². The Kier molecular flexibility index (Phi) is 9.29. The molecule has 26 heavy (non-hydrogen) atoms. The number of esters is 1. The van der Waals surface area contributed by atoms with Crippen LogP contribution >= 0.6 is 36.4 Å². The summed E-state index contributed by atoms with van der Waals surface area (Å²) in [6, 6.07) is 7.92. The summed E-state index contributed by atoms with van der Waals surface area (Å²) in [5.41, 5.74) is 2.12. The average molecular weight is 415 g/mol. The summed E-state index contributed by atoms with van der Waals surface area (Å²) in [4.78, 5) is 28.2. The molecule has 2 rings (SSSR count). The third-order valence-electron chi connectivity index (χ3n) is 3.59. The van der Waals surface area contributed by atoms with Gasteiger partial charge >= 0.3 is 5.97 Å². The molecular formula is C18H23ClN2O3S2. The van der Waals surface area contributed by atoms with Gasteiger partial charge in [0.15, 0.2) is 0 Å². The molecule has 0 aromatic heterocycles. The number of benzene rings is 1. The van der Waals surface area contributed by atoms with Crippen LogP contribution in [0.15, 0.2) is 29.2 Å². The van der Waals surface area contributed by atoms with Crippen LogP contribution in [0.5, 0.6) is 0 Å². The summed E-state index contributed by atoms with van der Waals surface area (Å²) < 4.78 is 5.61. The number of thiocarbonyl (C=S) groups is 1. The molecule has 142 valence electrons. The van der Waals surface area contributed by atoms with Crippen LogP contribution in [-0.4, -0.2) is 59.8 Å². The van der Waals surface area contributed by atoms with Crippen molar-refractivity contribution >= 4 is 58.7 Å². The van der Waals surface area contributed by atoms with Crippen molar-refractivity contribution in [3.63, 3.8) is 0 Å². The first-order valence-electron chi connectivity index (χ1n) is 7.99. The number of aryl methyl sites for hydroxylation is 1. The van der Waals surface area contributed by atoms with Crippen molar-refractivity contribution in [1.82, 2.24) is 9.80 Å². The predicted octanol–water partition coefficient (Wildman–Crippen LogP) is 3.11. The second-order valence-corrected chi connectivity index (χ2v) is 7.69.